The summed E-state index contributed by atoms with van der Waals surface area (Å²) in [6.07, 6.45) is 0. The number of nitrogens with two attached hydrogens (primary N) is 1. The fourth-order valence-corrected chi connectivity index (χ4v) is 4.89. The third-order valence-corrected chi connectivity index (χ3v) is 7.30. The van der Waals surface area contributed by atoms with E-state index in [1.54, 1.807) is 18.2 Å². The summed E-state index contributed by atoms with van der Waals surface area (Å²) in [5.74, 6) is -0.235. The summed E-state index contributed by atoms with van der Waals surface area (Å²) in [5.41, 5.74) is 7.15. The first-order valence-corrected chi connectivity index (χ1v) is 13.1. The lowest BCUT2D eigenvalue weighted by molar-refractivity contribution is 0.0996. The topological polar surface area (TPSA) is 91.3 Å². The molecule has 2 aromatic carbocycles. The number of benzene rings is 2. The van der Waals surface area contributed by atoms with E-state index in [1.807, 2.05) is 18.2 Å². The molecule has 10 heteroatoms. The third-order valence-electron chi connectivity index (χ3n) is 7.30. The quantitative estimate of drug-likeness (QED) is 0.483. The van der Waals surface area contributed by atoms with Crippen molar-refractivity contribution in [1.29, 1.82) is 0 Å². The average molecular weight is 523 g/mol. The zero-order chi connectivity index (χ0) is 26.6. The fraction of sp³-hybridized carbons (Fsp3) is 0.429. The molecule has 2 aliphatic heterocycles. The Kier molecular flexibility index (Phi) is 7.92. The predicted molar refractivity (Wildman–Crippen MR) is 145 cm³/mol. The summed E-state index contributed by atoms with van der Waals surface area (Å²) in [6.45, 7) is 8.91. The van der Waals surface area contributed by atoms with E-state index in [4.69, 9.17) is 14.9 Å². The van der Waals surface area contributed by atoms with Crippen LogP contribution in [0.25, 0.3) is 22.8 Å². The van der Waals surface area contributed by atoms with Gasteiger partial charge in [0, 0.05) is 64.5 Å². The minimum atomic E-state index is -0.736. The Morgan fingerprint density at radius 3 is 2.29 bits per heavy atom. The lowest BCUT2D eigenvalue weighted by Crippen LogP contribution is -2.45. The van der Waals surface area contributed by atoms with Crippen molar-refractivity contribution < 1.29 is 18.3 Å². The number of piperazine rings is 2. The van der Waals surface area contributed by atoms with Crippen LogP contribution < -0.4 is 15.4 Å². The summed E-state index contributed by atoms with van der Waals surface area (Å²) in [7, 11) is 4.20. The van der Waals surface area contributed by atoms with E-state index in [2.05, 4.69) is 38.7 Å². The number of rotatable bonds is 8. The van der Waals surface area contributed by atoms with Gasteiger partial charge in [0.25, 0.3) is 5.91 Å². The molecule has 0 bridgehead atoms. The molecule has 2 aliphatic rings. The first-order chi connectivity index (χ1) is 18.4. The molecule has 5 rings (SSSR count). The van der Waals surface area contributed by atoms with Crippen LogP contribution in [0.15, 0.2) is 46.9 Å². The highest BCUT2D eigenvalue weighted by Crippen LogP contribution is 2.37. The van der Waals surface area contributed by atoms with Crippen molar-refractivity contribution in [3.63, 3.8) is 0 Å². The first-order valence-electron chi connectivity index (χ1n) is 13.1. The van der Waals surface area contributed by atoms with Crippen LogP contribution in [0.1, 0.15) is 10.5 Å². The van der Waals surface area contributed by atoms with E-state index in [9.17, 15) is 4.79 Å². The Morgan fingerprint density at radius 2 is 1.63 bits per heavy atom. The van der Waals surface area contributed by atoms with E-state index >= 15 is 4.39 Å². The van der Waals surface area contributed by atoms with Crippen LogP contribution in [0.3, 0.4) is 0 Å². The molecule has 0 unspecified atom stereocenters. The number of amides is 1. The zero-order valence-corrected chi connectivity index (χ0v) is 22.0. The Labute approximate surface area is 222 Å². The number of likely N-dealkylation sites (N-methyl/N-ethyl adjacent to an activating group) is 2. The maximum Gasteiger partial charge on any atom is 0.271 e. The maximum atomic E-state index is 15.2. The molecule has 2 saturated heterocycles. The molecule has 0 atom stereocenters. The van der Waals surface area contributed by atoms with Gasteiger partial charge in [-0.15, -0.1) is 0 Å². The van der Waals surface area contributed by atoms with Crippen LogP contribution in [-0.4, -0.2) is 105 Å². The molecule has 9 nitrogen and oxygen atoms in total. The van der Waals surface area contributed by atoms with Crippen molar-refractivity contribution in [3.05, 3.63) is 54.0 Å². The molecule has 2 fully saturated rings. The second-order valence-electron chi connectivity index (χ2n) is 10.0. The lowest BCUT2D eigenvalue weighted by Gasteiger charge is -2.34. The second-order valence-corrected chi connectivity index (χ2v) is 10.0. The zero-order valence-electron chi connectivity index (χ0n) is 22.0. The number of anilines is 1. The fourth-order valence-electron chi connectivity index (χ4n) is 4.89. The van der Waals surface area contributed by atoms with Gasteiger partial charge in [0.1, 0.15) is 18.2 Å². The molecule has 3 heterocycles. The number of ether oxygens (including phenoxy) is 1. The number of hydrogen-bond donors (Lipinski definition) is 1. The van der Waals surface area contributed by atoms with E-state index in [0.717, 1.165) is 64.7 Å². The van der Waals surface area contributed by atoms with Gasteiger partial charge in [-0.2, -0.15) is 0 Å². The van der Waals surface area contributed by atoms with Crippen LogP contribution in [0.2, 0.25) is 0 Å². The van der Waals surface area contributed by atoms with Gasteiger partial charge in [0.2, 0.25) is 5.89 Å². The molecule has 202 valence electrons. The molecular formula is C28H35FN6O3. The number of carbonyl (C=O) groups excluding carboxylic acids is 1. The Morgan fingerprint density at radius 1 is 0.974 bits per heavy atom. The van der Waals surface area contributed by atoms with Gasteiger partial charge in [-0.05, 0) is 50.5 Å². The van der Waals surface area contributed by atoms with E-state index in [1.165, 1.54) is 6.07 Å². The number of primary amides is 1. The first kappa shape index (κ1) is 26.1. The highest BCUT2D eigenvalue weighted by molar-refractivity contribution is 5.97. The summed E-state index contributed by atoms with van der Waals surface area (Å²) < 4.78 is 27.1. The number of halogens is 1. The van der Waals surface area contributed by atoms with E-state index in [-0.39, 0.29) is 22.9 Å². The Hall–Kier alpha value is -3.47. The lowest BCUT2D eigenvalue weighted by atomic mass is 10.1. The van der Waals surface area contributed by atoms with Crippen molar-refractivity contribution in [1.82, 2.24) is 19.7 Å². The summed E-state index contributed by atoms with van der Waals surface area (Å²) in [6, 6.07) is 12.1. The number of aromatic nitrogens is 1. The summed E-state index contributed by atoms with van der Waals surface area (Å²) in [5, 5.41) is 0. The normalized spacial score (nSPS) is 17.6. The SMILES string of the molecule is CN1CCN(CCOc2ccc(-c3oc(-c4c(F)cccc4N4CCN(C)CC4)nc3C(N)=O)cc2)CC1. The molecule has 0 radical (unpaired) electrons. The molecule has 2 N–H and O–H groups in total. The van der Waals surface area contributed by atoms with Crippen LogP contribution in [-0.2, 0) is 0 Å². The molecule has 0 aliphatic carbocycles. The van der Waals surface area contributed by atoms with E-state index in [0.29, 0.717) is 17.9 Å². The van der Waals surface area contributed by atoms with Crippen molar-refractivity contribution in [3.8, 4) is 28.5 Å². The number of carbonyl (C=O) groups is 1. The molecule has 1 aromatic heterocycles. The van der Waals surface area contributed by atoms with Gasteiger partial charge in [0.05, 0.1) is 11.3 Å². The van der Waals surface area contributed by atoms with Crippen LogP contribution in [0.5, 0.6) is 5.75 Å². The summed E-state index contributed by atoms with van der Waals surface area (Å²) >= 11 is 0. The van der Waals surface area contributed by atoms with Crippen LogP contribution in [0, 0.1) is 5.82 Å². The molecular weight excluding hydrogens is 487 g/mol. The second kappa shape index (κ2) is 11.5. The molecule has 0 spiro atoms. The average Bonchev–Trinajstić information content (AvgIpc) is 3.36. The molecule has 3 aromatic rings. The predicted octanol–water partition coefficient (Wildman–Crippen LogP) is 2.62. The monoisotopic (exact) mass is 522 g/mol. The minimum absolute atomic E-state index is 0.0312. The maximum absolute atomic E-state index is 15.2. The number of oxazole rings is 1. The Bertz CT molecular complexity index is 1250. The van der Waals surface area contributed by atoms with Crippen LogP contribution >= 0.6 is 0 Å². The molecule has 0 saturated carbocycles. The highest BCUT2D eigenvalue weighted by Gasteiger charge is 2.27. The van der Waals surface area contributed by atoms with Gasteiger partial charge >= 0.3 is 0 Å². The highest BCUT2D eigenvalue weighted by atomic mass is 19.1. The molecule has 1 amide bonds. The largest absolute Gasteiger partial charge is 0.492 e. The van der Waals surface area contributed by atoms with Crippen molar-refractivity contribution in [2.45, 2.75) is 0 Å². The van der Waals surface area contributed by atoms with E-state index < -0.39 is 11.7 Å². The van der Waals surface area contributed by atoms with Gasteiger partial charge in [-0.1, -0.05) is 6.07 Å². The number of nitrogens with zero attached hydrogens (tertiary/aromatic N) is 5. The van der Waals surface area contributed by atoms with Crippen molar-refractivity contribution in [2.24, 2.45) is 5.73 Å². The molecule has 38 heavy (non-hydrogen) atoms. The smallest absolute Gasteiger partial charge is 0.271 e. The van der Waals surface area contributed by atoms with Gasteiger partial charge in [0.15, 0.2) is 11.5 Å². The van der Waals surface area contributed by atoms with Crippen LogP contribution in [0.4, 0.5) is 10.1 Å². The van der Waals surface area contributed by atoms with Gasteiger partial charge in [-0.3, -0.25) is 9.69 Å². The minimum Gasteiger partial charge on any atom is -0.492 e. The van der Waals surface area contributed by atoms with Crippen molar-refractivity contribution in [2.75, 3.05) is 84.5 Å². The standard InChI is InChI=1S/C28H35FN6O3/c1-32-10-14-34(15-11-32)18-19-37-21-8-6-20(7-9-21)26-25(27(30)36)31-28(38-26)24-22(29)4-3-5-23(24)35-16-12-33(2)13-17-35/h3-9H,10-19H2,1-2H3,(H2,30,36). The van der Waals surface area contributed by atoms with Gasteiger partial charge in [-0.25, -0.2) is 9.37 Å². The Balaban J connectivity index is 1.35. The number of hydrogen-bond acceptors (Lipinski definition) is 8. The third kappa shape index (κ3) is 5.82. The van der Waals surface area contributed by atoms with Crippen molar-refractivity contribution >= 4 is 11.6 Å². The summed E-state index contributed by atoms with van der Waals surface area (Å²) in [4.78, 5) is 25.7. The van der Waals surface area contributed by atoms with Gasteiger partial charge < -0.3 is 29.6 Å².